The molecular formula is C21H24N6O2. The largest absolute Gasteiger partial charge is 0.353 e. The van der Waals surface area contributed by atoms with Gasteiger partial charge in [-0.05, 0) is 30.2 Å². The molecule has 2 amide bonds. The predicted molar refractivity (Wildman–Crippen MR) is 108 cm³/mol. The number of rotatable bonds is 6. The maximum atomic E-state index is 12.6. The first-order valence-electron chi connectivity index (χ1n) is 9.73. The summed E-state index contributed by atoms with van der Waals surface area (Å²) in [6.07, 6.45) is 1.96. The number of hydrogen-bond acceptors (Lipinski definition) is 5. The van der Waals surface area contributed by atoms with Crippen molar-refractivity contribution >= 4 is 17.5 Å². The zero-order chi connectivity index (χ0) is 20.2. The molecule has 3 heterocycles. The number of carbonyl (C=O) groups excluding carboxylic acids is 2. The molecule has 1 saturated heterocycles. The highest BCUT2D eigenvalue weighted by atomic mass is 16.2. The normalized spacial score (nSPS) is 17.3. The highest BCUT2D eigenvalue weighted by Gasteiger charge is 2.31. The van der Waals surface area contributed by atoms with Crippen LogP contribution in [0.4, 0.5) is 0 Å². The monoisotopic (exact) mass is 392 g/mol. The third-order valence-corrected chi connectivity index (χ3v) is 5.28. The Balaban J connectivity index is 1.40. The summed E-state index contributed by atoms with van der Waals surface area (Å²) in [5, 5.41) is 13.9. The van der Waals surface area contributed by atoms with Gasteiger partial charge in [0.1, 0.15) is 0 Å². The average Bonchev–Trinajstić information content (AvgIpc) is 3.14. The zero-order valence-electron chi connectivity index (χ0n) is 16.3. The number of pyridine rings is 1. The molecule has 2 N–H and O–H groups in total. The van der Waals surface area contributed by atoms with E-state index in [-0.39, 0.29) is 24.8 Å². The van der Waals surface area contributed by atoms with Crippen LogP contribution in [-0.2, 0) is 22.7 Å². The summed E-state index contributed by atoms with van der Waals surface area (Å²) in [5.41, 5.74) is 3.08. The van der Waals surface area contributed by atoms with Gasteiger partial charge in [-0.15, -0.1) is 10.2 Å². The van der Waals surface area contributed by atoms with E-state index in [1.807, 2.05) is 40.9 Å². The lowest BCUT2D eigenvalue weighted by atomic mass is 10.0. The molecule has 0 saturated carbocycles. The fourth-order valence-corrected chi connectivity index (χ4v) is 3.62. The van der Waals surface area contributed by atoms with E-state index < -0.39 is 6.04 Å². The molecule has 150 valence electrons. The summed E-state index contributed by atoms with van der Waals surface area (Å²) in [4.78, 5) is 27.1. The van der Waals surface area contributed by atoms with Gasteiger partial charge in [0.25, 0.3) is 0 Å². The van der Waals surface area contributed by atoms with Crippen molar-refractivity contribution in [3.05, 3.63) is 65.6 Å². The molecule has 0 aliphatic carbocycles. The molecule has 8 heteroatoms. The maximum Gasteiger partial charge on any atom is 0.237 e. The van der Waals surface area contributed by atoms with E-state index >= 15 is 0 Å². The van der Waals surface area contributed by atoms with E-state index in [4.69, 9.17) is 0 Å². The SMILES string of the molecule is Cc1ccccc1CN1CCNC(=O)C1CC(=O)NCc1nnc2ccccn12. The minimum absolute atomic E-state index is 0.104. The van der Waals surface area contributed by atoms with Crippen molar-refractivity contribution in [3.8, 4) is 0 Å². The highest BCUT2D eigenvalue weighted by Crippen LogP contribution is 2.16. The second-order valence-corrected chi connectivity index (χ2v) is 7.23. The summed E-state index contributed by atoms with van der Waals surface area (Å²) >= 11 is 0. The Bertz CT molecular complexity index is 1030. The zero-order valence-corrected chi connectivity index (χ0v) is 16.3. The first kappa shape index (κ1) is 19.1. The molecular weight excluding hydrogens is 368 g/mol. The molecule has 1 aromatic carbocycles. The molecule has 8 nitrogen and oxygen atoms in total. The van der Waals surface area contributed by atoms with Crippen LogP contribution in [0.5, 0.6) is 0 Å². The third-order valence-electron chi connectivity index (χ3n) is 5.28. The van der Waals surface area contributed by atoms with Gasteiger partial charge >= 0.3 is 0 Å². The Kier molecular flexibility index (Phi) is 5.53. The van der Waals surface area contributed by atoms with Gasteiger partial charge in [0.15, 0.2) is 11.5 Å². The number of nitrogens with zero attached hydrogens (tertiary/aromatic N) is 4. The van der Waals surface area contributed by atoms with Crippen LogP contribution in [0.25, 0.3) is 5.65 Å². The van der Waals surface area contributed by atoms with Gasteiger partial charge in [0.2, 0.25) is 11.8 Å². The minimum atomic E-state index is -0.488. The van der Waals surface area contributed by atoms with Crippen molar-refractivity contribution in [2.45, 2.75) is 32.5 Å². The van der Waals surface area contributed by atoms with Gasteiger partial charge in [-0.25, -0.2) is 0 Å². The highest BCUT2D eigenvalue weighted by molar-refractivity contribution is 5.88. The number of aromatic nitrogens is 3. The summed E-state index contributed by atoms with van der Waals surface area (Å²) in [7, 11) is 0. The second-order valence-electron chi connectivity index (χ2n) is 7.23. The van der Waals surface area contributed by atoms with Gasteiger partial charge in [-0.1, -0.05) is 30.3 Å². The van der Waals surface area contributed by atoms with E-state index in [1.165, 1.54) is 11.1 Å². The standard InChI is InChI=1S/C21H24N6O2/c1-15-6-2-3-7-16(15)14-26-11-9-22-21(29)17(26)12-20(28)23-13-19-25-24-18-8-4-5-10-27(18)19/h2-8,10,17H,9,11-14H2,1H3,(H,22,29)(H,23,28). The summed E-state index contributed by atoms with van der Waals surface area (Å²) in [6.45, 7) is 4.27. The lowest BCUT2D eigenvalue weighted by molar-refractivity contribution is -0.134. The smallest absolute Gasteiger partial charge is 0.237 e. The van der Waals surface area contributed by atoms with Crippen LogP contribution < -0.4 is 10.6 Å². The van der Waals surface area contributed by atoms with Crippen LogP contribution in [0, 0.1) is 6.92 Å². The van der Waals surface area contributed by atoms with E-state index in [0.29, 0.717) is 25.5 Å². The van der Waals surface area contributed by atoms with E-state index in [0.717, 1.165) is 5.65 Å². The minimum Gasteiger partial charge on any atom is -0.353 e. The molecule has 3 aromatic rings. The van der Waals surface area contributed by atoms with Crippen molar-refractivity contribution in [3.63, 3.8) is 0 Å². The fraction of sp³-hybridized carbons (Fsp3) is 0.333. The van der Waals surface area contributed by atoms with E-state index in [9.17, 15) is 9.59 Å². The number of carbonyl (C=O) groups is 2. The first-order chi connectivity index (χ1) is 14.1. The molecule has 2 aromatic heterocycles. The van der Waals surface area contributed by atoms with Crippen LogP contribution in [0.1, 0.15) is 23.4 Å². The topological polar surface area (TPSA) is 91.6 Å². The number of fused-ring (bicyclic) bond motifs is 1. The van der Waals surface area contributed by atoms with Crippen LogP contribution >= 0.6 is 0 Å². The van der Waals surface area contributed by atoms with Gasteiger partial charge < -0.3 is 10.6 Å². The molecule has 0 bridgehead atoms. The Morgan fingerprint density at radius 3 is 2.90 bits per heavy atom. The molecule has 29 heavy (non-hydrogen) atoms. The molecule has 1 aliphatic rings. The lowest BCUT2D eigenvalue weighted by Crippen LogP contribution is -2.56. The number of nitrogens with one attached hydrogen (secondary N) is 2. The van der Waals surface area contributed by atoms with Crippen LogP contribution in [0.15, 0.2) is 48.7 Å². The Hall–Kier alpha value is -3.26. The lowest BCUT2D eigenvalue weighted by Gasteiger charge is -2.35. The van der Waals surface area contributed by atoms with E-state index in [1.54, 1.807) is 0 Å². The molecule has 1 fully saturated rings. The van der Waals surface area contributed by atoms with Gasteiger partial charge in [0.05, 0.1) is 19.0 Å². The molecule has 0 spiro atoms. The Morgan fingerprint density at radius 2 is 2.03 bits per heavy atom. The number of benzene rings is 1. The molecule has 1 aliphatic heterocycles. The van der Waals surface area contributed by atoms with Crippen molar-refractivity contribution in [2.75, 3.05) is 13.1 Å². The van der Waals surface area contributed by atoms with Crippen LogP contribution in [0.2, 0.25) is 0 Å². The third kappa shape index (κ3) is 4.27. The van der Waals surface area contributed by atoms with Crippen molar-refractivity contribution < 1.29 is 9.59 Å². The summed E-state index contributed by atoms with van der Waals surface area (Å²) in [5.74, 6) is 0.362. The summed E-state index contributed by atoms with van der Waals surface area (Å²) in [6, 6.07) is 13.3. The Morgan fingerprint density at radius 1 is 1.21 bits per heavy atom. The molecule has 1 unspecified atom stereocenters. The van der Waals surface area contributed by atoms with Crippen LogP contribution in [0.3, 0.4) is 0 Å². The van der Waals surface area contributed by atoms with E-state index in [2.05, 4.69) is 44.8 Å². The second kappa shape index (κ2) is 8.40. The van der Waals surface area contributed by atoms with Crippen LogP contribution in [-0.4, -0.2) is 50.4 Å². The molecule has 0 radical (unpaired) electrons. The fourth-order valence-electron chi connectivity index (χ4n) is 3.62. The number of amides is 2. The first-order valence-corrected chi connectivity index (χ1v) is 9.73. The number of aryl methyl sites for hydroxylation is 1. The van der Waals surface area contributed by atoms with Crippen molar-refractivity contribution in [2.24, 2.45) is 0 Å². The van der Waals surface area contributed by atoms with Crippen molar-refractivity contribution in [1.82, 2.24) is 30.1 Å². The molecule has 4 rings (SSSR count). The summed E-state index contributed by atoms with van der Waals surface area (Å²) < 4.78 is 1.83. The molecule has 1 atom stereocenters. The van der Waals surface area contributed by atoms with Gasteiger partial charge in [0, 0.05) is 25.8 Å². The number of piperazine rings is 1. The average molecular weight is 392 g/mol. The predicted octanol–water partition coefficient (Wildman–Crippen LogP) is 1.04. The Labute approximate surface area is 168 Å². The van der Waals surface area contributed by atoms with Gasteiger partial charge in [-0.3, -0.25) is 18.9 Å². The number of hydrogen-bond donors (Lipinski definition) is 2. The van der Waals surface area contributed by atoms with Crippen molar-refractivity contribution in [1.29, 1.82) is 0 Å². The van der Waals surface area contributed by atoms with Gasteiger partial charge in [-0.2, -0.15) is 0 Å². The quantitative estimate of drug-likeness (QED) is 0.654. The maximum absolute atomic E-state index is 12.6.